The minimum absolute atomic E-state index is 0.509. The minimum Gasteiger partial charge on any atom is -0.496 e. The van der Waals surface area contributed by atoms with E-state index in [1.54, 1.807) is 23.9 Å². The number of hydrogen-bond donors (Lipinski definition) is 0. The molecule has 0 aliphatic rings. The Bertz CT molecular complexity index is 800. The molecule has 3 rings (SSSR count). The first-order chi connectivity index (χ1) is 9.60. The fourth-order valence-electron chi connectivity index (χ4n) is 2.03. The van der Waals surface area contributed by atoms with Gasteiger partial charge in [0.1, 0.15) is 10.9 Å². The molecule has 0 saturated carbocycles. The molecule has 6 heteroatoms. The first-order valence-electron chi connectivity index (χ1n) is 5.95. The Morgan fingerprint density at radius 1 is 1.30 bits per heavy atom. The molecule has 0 atom stereocenters. The van der Waals surface area contributed by atoms with Gasteiger partial charge < -0.3 is 4.74 Å². The van der Waals surface area contributed by atoms with E-state index in [0.717, 1.165) is 27.0 Å². The van der Waals surface area contributed by atoms with Crippen LogP contribution in [0.1, 0.15) is 5.56 Å². The Hall–Kier alpha value is -1.59. The molecule has 3 aromatic rings. The number of aryl methyl sites for hydroxylation is 1. The normalized spacial score (nSPS) is 11.0. The molecule has 0 aliphatic heterocycles. The lowest BCUT2D eigenvalue weighted by atomic mass is 10.1. The molecular formula is C14H11BrClN3O. The van der Waals surface area contributed by atoms with Gasteiger partial charge in [0.05, 0.1) is 23.5 Å². The number of aromatic nitrogens is 3. The third kappa shape index (κ3) is 2.17. The number of benzene rings is 1. The molecule has 20 heavy (non-hydrogen) atoms. The quantitative estimate of drug-likeness (QED) is 0.651. The van der Waals surface area contributed by atoms with Gasteiger partial charge in [-0.25, -0.2) is 9.50 Å². The average molecular weight is 353 g/mol. The van der Waals surface area contributed by atoms with Crippen molar-refractivity contribution in [3.63, 3.8) is 0 Å². The van der Waals surface area contributed by atoms with Crippen molar-refractivity contribution in [3.8, 4) is 17.0 Å². The summed E-state index contributed by atoms with van der Waals surface area (Å²) in [6, 6.07) is 7.74. The van der Waals surface area contributed by atoms with Crippen LogP contribution in [-0.2, 0) is 0 Å². The van der Waals surface area contributed by atoms with Crippen molar-refractivity contribution >= 4 is 33.2 Å². The van der Waals surface area contributed by atoms with Gasteiger partial charge in [-0.15, -0.1) is 0 Å². The van der Waals surface area contributed by atoms with Gasteiger partial charge in [0, 0.05) is 11.6 Å². The van der Waals surface area contributed by atoms with E-state index < -0.39 is 0 Å². The van der Waals surface area contributed by atoms with Crippen molar-refractivity contribution in [2.45, 2.75) is 6.92 Å². The van der Waals surface area contributed by atoms with Gasteiger partial charge in [-0.3, -0.25) is 0 Å². The standard InChI is InChI=1S/C14H11BrClN3O/c1-8-3-4-9(5-12(8)20-2)11-6-13(16)19-14(18-11)10(15)7-17-19/h3-7H,1-2H3. The van der Waals surface area contributed by atoms with Crippen LogP contribution in [0.25, 0.3) is 16.9 Å². The zero-order valence-electron chi connectivity index (χ0n) is 10.9. The van der Waals surface area contributed by atoms with Crippen molar-refractivity contribution < 1.29 is 4.74 Å². The molecule has 0 bridgehead atoms. The van der Waals surface area contributed by atoms with Crippen LogP contribution >= 0.6 is 27.5 Å². The summed E-state index contributed by atoms with van der Waals surface area (Å²) in [4.78, 5) is 4.58. The Kier molecular flexibility index (Phi) is 3.40. The van der Waals surface area contributed by atoms with Gasteiger partial charge in [0.2, 0.25) is 0 Å². The second-order valence-corrected chi connectivity index (χ2v) is 5.62. The zero-order valence-corrected chi connectivity index (χ0v) is 13.2. The highest BCUT2D eigenvalue weighted by Gasteiger charge is 2.11. The number of methoxy groups -OCH3 is 1. The predicted molar refractivity (Wildman–Crippen MR) is 82.4 cm³/mol. The predicted octanol–water partition coefficient (Wildman–Crippen LogP) is 4.13. The second-order valence-electron chi connectivity index (χ2n) is 4.38. The molecule has 2 heterocycles. The highest BCUT2D eigenvalue weighted by molar-refractivity contribution is 9.10. The van der Waals surface area contributed by atoms with Gasteiger partial charge >= 0.3 is 0 Å². The van der Waals surface area contributed by atoms with Gasteiger partial charge in [0.15, 0.2) is 5.65 Å². The third-order valence-electron chi connectivity index (χ3n) is 3.09. The van der Waals surface area contributed by atoms with Gasteiger partial charge in [0.25, 0.3) is 0 Å². The molecule has 102 valence electrons. The van der Waals surface area contributed by atoms with Gasteiger partial charge in [-0.1, -0.05) is 23.7 Å². The molecule has 0 amide bonds. The number of rotatable bonds is 2. The summed E-state index contributed by atoms with van der Waals surface area (Å²) in [6.07, 6.45) is 1.67. The molecule has 0 fully saturated rings. The van der Waals surface area contributed by atoms with E-state index in [1.165, 1.54) is 0 Å². The lowest BCUT2D eigenvalue weighted by Gasteiger charge is -2.08. The lowest BCUT2D eigenvalue weighted by molar-refractivity contribution is 0.412. The van der Waals surface area contributed by atoms with Crippen molar-refractivity contribution in [1.82, 2.24) is 14.6 Å². The summed E-state index contributed by atoms with van der Waals surface area (Å²) < 4.78 is 7.74. The summed E-state index contributed by atoms with van der Waals surface area (Å²) in [5.74, 6) is 0.827. The average Bonchev–Trinajstić information content (AvgIpc) is 2.82. The number of hydrogen-bond acceptors (Lipinski definition) is 3. The number of halogens is 2. The lowest BCUT2D eigenvalue weighted by Crippen LogP contribution is -1.95. The second kappa shape index (κ2) is 5.07. The summed E-state index contributed by atoms with van der Waals surface area (Å²) >= 11 is 9.66. The fraction of sp³-hybridized carbons (Fsp3) is 0.143. The van der Waals surface area contributed by atoms with Crippen LogP contribution in [0, 0.1) is 6.92 Å². The Morgan fingerprint density at radius 2 is 2.10 bits per heavy atom. The summed E-state index contributed by atoms with van der Waals surface area (Å²) in [6.45, 7) is 2.00. The topological polar surface area (TPSA) is 39.4 Å². The first-order valence-corrected chi connectivity index (χ1v) is 7.12. The maximum absolute atomic E-state index is 6.24. The van der Waals surface area contributed by atoms with Crippen LogP contribution in [0.2, 0.25) is 5.15 Å². The highest BCUT2D eigenvalue weighted by Crippen LogP contribution is 2.29. The zero-order chi connectivity index (χ0) is 14.3. The molecule has 0 saturated heterocycles. The van der Waals surface area contributed by atoms with Crippen LogP contribution < -0.4 is 4.74 Å². The maximum atomic E-state index is 6.24. The van der Waals surface area contributed by atoms with Crippen LogP contribution in [-0.4, -0.2) is 21.7 Å². The highest BCUT2D eigenvalue weighted by atomic mass is 79.9. The van der Waals surface area contributed by atoms with Gasteiger partial charge in [-0.2, -0.15) is 5.10 Å². The summed E-state index contributed by atoms with van der Waals surface area (Å²) in [5, 5.41) is 4.66. The van der Waals surface area contributed by atoms with E-state index in [4.69, 9.17) is 16.3 Å². The summed E-state index contributed by atoms with van der Waals surface area (Å²) in [5.41, 5.74) is 3.49. The van der Waals surface area contributed by atoms with Crippen molar-refractivity contribution in [2.24, 2.45) is 0 Å². The van der Waals surface area contributed by atoms with Crippen LogP contribution in [0.3, 0.4) is 0 Å². The Balaban J connectivity index is 2.21. The Morgan fingerprint density at radius 3 is 2.85 bits per heavy atom. The van der Waals surface area contributed by atoms with E-state index in [1.807, 2.05) is 25.1 Å². The van der Waals surface area contributed by atoms with Crippen molar-refractivity contribution in [3.05, 3.63) is 45.7 Å². The van der Waals surface area contributed by atoms with E-state index in [-0.39, 0.29) is 0 Å². The SMILES string of the molecule is COc1cc(-c2cc(Cl)n3ncc(Br)c3n2)ccc1C. The molecule has 0 radical (unpaired) electrons. The molecule has 0 aliphatic carbocycles. The Labute approximate surface area is 129 Å². The van der Waals surface area contributed by atoms with Crippen LogP contribution in [0.4, 0.5) is 0 Å². The molecule has 0 unspecified atom stereocenters. The largest absolute Gasteiger partial charge is 0.496 e. The molecule has 0 N–H and O–H groups in total. The maximum Gasteiger partial charge on any atom is 0.171 e. The van der Waals surface area contributed by atoms with Crippen LogP contribution in [0.15, 0.2) is 34.9 Å². The van der Waals surface area contributed by atoms with Gasteiger partial charge in [-0.05, 0) is 34.5 Å². The van der Waals surface area contributed by atoms with Crippen molar-refractivity contribution in [1.29, 1.82) is 0 Å². The molecule has 0 spiro atoms. The first kappa shape index (κ1) is 13.4. The van der Waals surface area contributed by atoms with Crippen molar-refractivity contribution in [2.75, 3.05) is 7.11 Å². The smallest absolute Gasteiger partial charge is 0.171 e. The monoisotopic (exact) mass is 351 g/mol. The van der Waals surface area contributed by atoms with E-state index in [9.17, 15) is 0 Å². The molecule has 2 aromatic heterocycles. The number of nitrogens with zero attached hydrogens (tertiary/aromatic N) is 3. The van der Waals surface area contributed by atoms with E-state index in [0.29, 0.717) is 10.8 Å². The van der Waals surface area contributed by atoms with E-state index >= 15 is 0 Å². The number of ether oxygens (including phenoxy) is 1. The molecular weight excluding hydrogens is 342 g/mol. The van der Waals surface area contributed by atoms with Crippen LogP contribution in [0.5, 0.6) is 5.75 Å². The van der Waals surface area contributed by atoms with E-state index in [2.05, 4.69) is 26.0 Å². The molecule has 1 aromatic carbocycles. The fourth-order valence-corrected chi connectivity index (χ4v) is 2.60. The number of fused-ring (bicyclic) bond motifs is 1. The summed E-state index contributed by atoms with van der Waals surface area (Å²) in [7, 11) is 1.66. The molecule has 4 nitrogen and oxygen atoms in total. The minimum atomic E-state index is 0.509. The third-order valence-corrected chi connectivity index (χ3v) is 3.92.